The summed E-state index contributed by atoms with van der Waals surface area (Å²) >= 11 is 0. The van der Waals surface area contributed by atoms with Gasteiger partial charge in [0.25, 0.3) is 0 Å². The Labute approximate surface area is 87.5 Å². The normalized spacial score (nSPS) is 10.1. The number of benzene rings is 1. The standard InChI is InChI=1S/C10H13FN2O2/c1-3-12(4-2)9-7-5-6-8(11)10(9)13(14)15/h5-7H,3-4H2,1-2H3. The zero-order chi connectivity index (χ0) is 11.4. The molecule has 0 aliphatic rings. The highest BCUT2D eigenvalue weighted by Gasteiger charge is 2.22. The minimum absolute atomic E-state index is 0.338. The Kier molecular flexibility index (Phi) is 3.60. The Hall–Kier alpha value is -1.65. The Balaban J connectivity index is 3.27. The Bertz CT molecular complexity index is 364. The predicted octanol–water partition coefficient (Wildman–Crippen LogP) is 2.58. The number of para-hydroxylation sites is 1. The third kappa shape index (κ3) is 2.23. The maximum absolute atomic E-state index is 13.3. The van der Waals surface area contributed by atoms with Gasteiger partial charge in [0.05, 0.1) is 4.92 Å². The lowest BCUT2D eigenvalue weighted by atomic mass is 10.2. The molecule has 5 heteroatoms. The van der Waals surface area contributed by atoms with Crippen molar-refractivity contribution in [1.29, 1.82) is 0 Å². The van der Waals surface area contributed by atoms with Crippen LogP contribution < -0.4 is 4.90 Å². The van der Waals surface area contributed by atoms with Crippen LogP contribution in [-0.2, 0) is 0 Å². The van der Waals surface area contributed by atoms with Crippen molar-refractivity contribution in [3.63, 3.8) is 0 Å². The van der Waals surface area contributed by atoms with E-state index in [9.17, 15) is 14.5 Å². The largest absolute Gasteiger partial charge is 0.366 e. The lowest BCUT2D eigenvalue weighted by molar-refractivity contribution is -0.386. The molecule has 1 rings (SSSR count). The molecule has 0 radical (unpaired) electrons. The fraction of sp³-hybridized carbons (Fsp3) is 0.400. The van der Waals surface area contributed by atoms with E-state index < -0.39 is 16.4 Å². The molecule has 0 unspecified atom stereocenters. The molecule has 0 N–H and O–H groups in total. The van der Waals surface area contributed by atoms with Gasteiger partial charge in [-0.3, -0.25) is 10.1 Å². The number of nitrogens with zero attached hydrogens (tertiary/aromatic N) is 2. The lowest BCUT2D eigenvalue weighted by Crippen LogP contribution is -2.23. The first kappa shape index (κ1) is 11.4. The van der Waals surface area contributed by atoms with Crippen molar-refractivity contribution in [3.8, 4) is 0 Å². The molecular formula is C10H13FN2O2. The van der Waals surface area contributed by atoms with Crippen molar-refractivity contribution in [2.45, 2.75) is 13.8 Å². The molecule has 0 aromatic heterocycles. The highest BCUT2D eigenvalue weighted by molar-refractivity contribution is 5.63. The Morgan fingerprint density at radius 1 is 1.40 bits per heavy atom. The average molecular weight is 212 g/mol. The minimum atomic E-state index is -0.788. The summed E-state index contributed by atoms with van der Waals surface area (Å²) in [5.41, 5.74) is -0.105. The summed E-state index contributed by atoms with van der Waals surface area (Å²) in [6.45, 7) is 4.97. The minimum Gasteiger partial charge on any atom is -0.366 e. The van der Waals surface area contributed by atoms with E-state index in [-0.39, 0.29) is 0 Å². The molecule has 0 saturated carbocycles. The summed E-state index contributed by atoms with van der Waals surface area (Å²) in [4.78, 5) is 11.8. The van der Waals surface area contributed by atoms with Crippen LogP contribution in [0.15, 0.2) is 18.2 Å². The van der Waals surface area contributed by atoms with Crippen molar-refractivity contribution in [2.24, 2.45) is 0 Å². The smallest absolute Gasteiger partial charge is 0.327 e. The fourth-order valence-electron chi connectivity index (χ4n) is 1.50. The van der Waals surface area contributed by atoms with Gasteiger partial charge in [0.2, 0.25) is 5.82 Å². The molecule has 82 valence electrons. The summed E-state index contributed by atoms with van der Waals surface area (Å²) in [7, 11) is 0. The van der Waals surface area contributed by atoms with Gasteiger partial charge in [-0.05, 0) is 26.0 Å². The second-order valence-electron chi connectivity index (χ2n) is 3.04. The SMILES string of the molecule is CCN(CC)c1cccc(F)c1[N+](=O)[O-]. The number of nitro benzene ring substituents is 1. The number of hydrogen-bond acceptors (Lipinski definition) is 3. The summed E-state index contributed by atoms with van der Waals surface area (Å²) in [6, 6.07) is 4.15. The van der Waals surface area contributed by atoms with E-state index in [0.717, 1.165) is 6.07 Å². The Morgan fingerprint density at radius 2 is 2.00 bits per heavy atom. The quantitative estimate of drug-likeness (QED) is 0.569. The summed E-state index contributed by atoms with van der Waals surface area (Å²) in [5, 5.41) is 10.7. The van der Waals surface area contributed by atoms with Gasteiger partial charge in [-0.15, -0.1) is 0 Å². The summed E-state index contributed by atoms with van der Waals surface area (Å²) in [6.07, 6.45) is 0. The lowest BCUT2D eigenvalue weighted by Gasteiger charge is -2.20. The first-order valence-electron chi connectivity index (χ1n) is 4.79. The van der Waals surface area contributed by atoms with Crippen LogP contribution in [0.5, 0.6) is 0 Å². The van der Waals surface area contributed by atoms with Crippen LogP contribution in [-0.4, -0.2) is 18.0 Å². The average Bonchev–Trinajstić information content (AvgIpc) is 2.19. The molecule has 0 saturated heterocycles. The number of hydrogen-bond donors (Lipinski definition) is 0. The van der Waals surface area contributed by atoms with E-state index in [1.807, 2.05) is 13.8 Å². The topological polar surface area (TPSA) is 46.4 Å². The molecule has 0 amide bonds. The molecule has 0 spiro atoms. The van der Waals surface area contributed by atoms with E-state index >= 15 is 0 Å². The fourth-order valence-corrected chi connectivity index (χ4v) is 1.50. The van der Waals surface area contributed by atoms with Crippen LogP contribution in [0.25, 0.3) is 0 Å². The van der Waals surface area contributed by atoms with Crippen molar-refractivity contribution in [2.75, 3.05) is 18.0 Å². The van der Waals surface area contributed by atoms with E-state index in [1.54, 1.807) is 11.0 Å². The molecule has 0 aliphatic carbocycles. The maximum atomic E-state index is 13.3. The van der Waals surface area contributed by atoms with Crippen LogP contribution in [0.1, 0.15) is 13.8 Å². The number of halogens is 1. The van der Waals surface area contributed by atoms with E-state index in [2.05, 4.69) is 0 Å². The molecule has 0 aliphatic heterocycles. The molecule has 4 nitrogen and oxygen atoms in total. The van der Waals surface area contributed by atoms with Gasteiger partial charge in [-0.2, -0.15) is 4.39 Å². The number of anilines is 1. The Morgan fingerprint density at radius 3 is 2.47 bits per heavy atom. The van der Waals surface area contributed by atoms with Crippen molar-refractivity contribution < 1.29 is 9.31 Å². The van der Waals surface area contributed by atoms with Crippen LogP contribution in [0.3, 0.4) is 0 Å². The molecule has 0 fully saturated rings. The highest BCUT2D eigenvalue weighted by Crippen LogP contribution is 2.30. The second kappa shape index (κ2) is 4.72. The van der Waals surface area contributed by atoms with E-state index in [4.69, 9.17) is 0 Å². The second-order valence-corrected chi connectivity index (χ2v) is 3.04. The van der Waals surface area contributed by atoms with Crippen molar-refractivity contribution >= 4 is 11.4 Å². The maximum Gasteiger partial charge on any atom is 0.327 e. The van der Waals surface area contributed by atoms with Crippen LogP contribution in [0.2, 0.25) is 0 Å². The predicted molar refractivity (Wildman–Crippen MR) is 56.6 cm³/mol. The molecule has 0 atom stereocenters. The number of rotatable bonds is 4. The third-order valence-corrected chi connectivity index (χ3v) is 2.25. The highest BCUT2D eigenvalue weighted by atomic mass is 19.1. The van der Waals surface area contributed by atoms with Gasteiger partial charge in [0, 0.05) is 13.1 Å². The molecule has 0 bridgehead atoms. The zero-order valence-electron chi connectivity index (χ0n) is 8.74. The van der Waals surface area contributed by atoms with Crippen LogP contribution in [0, 0.1) is 15.9 Å². The first-order chi connectivity index (χ1) is 7.11. The summed E-state index contributed by atoms with van der Waals surface area (Å²) in [5.74, 6) is -0.788. The van der Waals surface area contributed by atoms with Crippen molar-refractivity contribution in [1.82, 2.24) is 0 Å². The van der Waals surface area contributed by atoms with Crippen molar-refractivity contribution in [3.05, 3.63) is 34.1 Å². The van der Waals surface area contributed by atoms with Crippen LogP contribution in [0.4, 0.5) is 15.8 Å². The van der Waals surface area contributed by atoms with E-state index in [1.165, 1.54) is 6.07 Å². The molecular weight excluding hydrogens is 199 g/mol. The van der Waals surface area contributed by atoms with Gasteiger partial charge in [0.15, 0.2) is 0 Å². The molecule has 0 heterocycles. The molecule has 15 heavy (non-hydrogen) atoms. The summed E-state index contributed by atoms with van der Waals surface area (Å²) < 4.78 is 13.3. The first-order valence-corrected chi connectivity index (χ1v) is 4.79. The zero-order valence-corrected chi connectivity index (χ0v) is 8.74. The molecule has 1 aromatic rings. The van der Waals surface area contributed by atoms with Gasteiger partial charge >= 0.3 is 5.69 Å². The van der Waals surface area contributed by atoms with E-state index in [0.29, 0.717) is 18.8 Å². The monoisotopic (exact) mass is 212 g/mol. The third-order valence-electron chi connectivity index (χ3n) is 2.25. The van der Waals surface area contributed by atoms with Gasteiger partial charge < -0.3 is 4.90 Å². The van der Waals surface area contributed by atoms with Gasteiger partial charge in [-0.25, -0.2) is 0 Å². The van der Waals surface area contributed by atoms with Gasteiger partial charge in [0.1, 0.15) is 5.69 Å². The van der Waals surface area contributed by atoms with Gasteiger partial charge in [-0.1, -0.05) is 6.07 Å². The molecule has 1 aromatic carbocycles. The van der Waals surface area contributed by atoms with Crippen LogP contribution >= 0.6 is 0 Å². The number of nitro groups is 1.